The Morgan fingerprint density at radius 2 is 1.94 bits per heavy atom. The molecular weight excluding hydrogens is 200 g/mol. The molecular formula is C14H28O2. The van der Waals surface area contributed by atoms with Gasteiger partial charge < -0.3 is 9.47 Å². The van der Waals surface area contributed by atoms with Crippen molar-refractivity contribution in [2.45, 2.75) is 71.5 Å². The normalized spacial score (nSPS) is 25.9. The van der Waals surface area contributed by atoms with Crippen LogP contribution in [-0.2, 0) is 9.47 Å². The van der Waals surface area contributed by atoms with Crippen LogP contribution in [0.25, 0.3) is 0 Å². The lowest BCUT2D eigenvalue weighted by Crippen LogP contribution is -2.28. The lowest BCUT2D eigenvalue weighted by molar-refractivity contribution is -0.175. The first-order valence-electron chi connectivity index (χ1n) is 7.10. The minimum atomic E-state index is 0.0897. The van der Waals surface area contributed by atoms with Crippen molar-refractivity contribution >= 4 is 0 Å². The van der Waals surface area contributed by atoms with Crippen molar-refractivity contribution in [3.05, 3.63) is 0 Å². The summed E-state index contributed by atoms with van der Waals surface area (Å²) in [5.41, 5.74) is 0. The predicted octanol–water partition coefficient (Wildman–Crippen LogP) is 4.14. The number of hydrogen-bond donors (Lipinski definition) is 0. The van der Waals surface area contributed by atoms with E-state index in [9.17, 15) is 0 Å². The van der Waals surface area contributed by atoms with Gasteiger partial charge in [-0.15, -0.1) is 0 Å². The van der Waals surface area contributed by atoms with Crippen LogP contribution in [0.15, 0.2) is 0 Å². The van der Waals surface area contributed by atoms with E-state index in [4.69, 9.17) is 9.47 Å². The van der Waals surface area contributed by atoms with Crippen molar-refractivity contribution in [1.82, 2.24) is 0 Å². The number of rotatable bonds is 8. The summed E-state index contributed by atoms with van der Waals surface area (Å²) in [6.45, 7) is 6.22. The molecule has 2 atom stereocenters. The second-order valence-corrected chi connectivity index (χ2v) is 4.91. The van der Waals surface area contributed by atoms with Crippen molar-refractivity contribution in [1.29, 1.82) is 0 Å². The van der Waals surface area contributed by atoms with E-state index in [0.29, 0.717) is 0 Å². The van der Waals surface area contributed by atoms with Gasteiger partial charge in [0.2, 0.25) is 0 Å². The first kappa shape index (κ1) is 14.0. The van der Waals surface area contributed by atoms with Crippen molar-refractivity contribution in [3.8, 4) is 0 Å². The Kier molecular flexibility index (Phi) is 7.87. The third kappa shape index (κ3) is 5.86. The zero-order valence-electron chi connectivity index (χ0n) is 11.0. The molecule has 1 saturated heterocycles. The van der Waals surface area contributed by atoms with Crippen molar-refractivity contribution in [3.63, 3.8) is 0 Å². The van der Waals surface area contributed by atoms with E-state index in [1.165, 1.54) is 38.5 Å². The minimum absolute atomic E-state index is 0.0897. The van der Waals surface area contributed by atoms with Gasteiger partial charge in [-0.2, -0.15) is 0 Å². The van der Waals surface area contributed by atoms with Crippen LogP contribution in [-0.4, -0.2) is 19.5 Å². The zero-order chi connectivity index (χ0) is 11.6. The highest BCUT2D eigenvalue weighted by Crippen LogP contribution is 2.25. The summed E-state index contributed by atoms with van der Waals surface area (Å²) in [5.74, 6) is 0.840. The van der Waals surface area contributed by atoms with E-state index in [2.05, 4.69) is 13.8 Å². The molecule has 0 aliphatic carbocycles. The fourth-order valence-corrected chi connectivity index (χ4v) is 2.24. The lowest BCUT2D eigenvalue weighted by Gasteiger charge is -2.29. The standard InChI is InChI=1S/C14H28O2/c1-3-5-7-8-13-9-11-16-14(12-13)15-10-6-4-2/h13-14H,3-12H2,1-2H3. The average Bonchev–Trinajstić information content (AvgIpc) is 2.30. The highest BCUT2D eigenvalue weighted by molar-refractivity contribution is 4.66. The maximum absolute atomic E-state index is 5.74. The predicted molar refractivity (Wildman–Crippen MR) is 67.5 cm³/mol. The van der Waals surface area contributed by atoms with Crippen molar-refractivity contribution in [2.75, 3.05) is 13.2 Å². The fraction of sp³-hybridized carbons (Fsp3) is 1.00. The molecule has 0 aromatic carbocycles. The van der Waals surface area contributed by atoms with Gasteiger partial charge >= 0.3 is 0 Å². The molecule has 0 spiro atoms. The molecule has 0 bridgehead atoms. The van der Waals surface area contributed by atoms with Crippen molar-refractivity contribution in [2.24, 2.45) is 5.92 Å². The number of ether oxygens (including phenoxy) is 2. The Balaban J connectivity index is 2.09. The molecule has 1 aliphatic rings. The van der Waals surface area contributed by atoms with Crippen LogP contribution >= 0.6 is 0 Å². The quantitative estimate of drug-likeness (QED) is 0.581. The average molecular weight is 228 g/mol. The van der Waals surface area contributed by atoms with Gasteiger partial charge in [-0.05, 0) is 18.8 Å². The first-order valence-corrected chi connectivity index (χ1v) is 7.10. The second kappa shape index (κ2) is 9.00. The SMILES string of the molecule is CCCCCC1CCOC(OCCCC)C1. The summed E-state index contributed by atoms with van der Waals surface area (Å²) in [7, 11) is 0. The molecule has 0 radical (unpaired) electrons. The molecule has 16 heavy (non-hydrogen) atoms. The van der Waals surface area contributed by atoms with Gasteiger partial charge in [-0.25, -0.2) is 0 Å². The van der Waals surface area contributed by atoms with Gasteiger partial charge in [0.1, 0.15) is 0 Å². The van der Waals surface area contributed by atoms with E-state index in [1.54, 1.807) is 0 Å². The third-order valence-electron chi connectivity index (χ3n) is 3.37. The largest absolute Gasteiger partial charge is 0.353 e. The van der Waals surface area contributed by atoms with Crippen LogP contribution in [0.4, 0.5) is 0 Å². The summed E-state index contributed by atoms with van der Waals surface area (Å²) in [6, 6.07) is 0. The van der Waals surface area contributed by atoms with Gasteiger partial charge in [-0.1, -0.05) is 46.0 Å². The summed E-state index contributed by atoms with van der Waals surface area (Å²) < 4.78 is 11.4. The molecule has 2 heteroatoms. The maximum Gasteiger partial charge on any atom is 0.157 e. The van der Waals surface area contributed by atoms with E-state index < -0.39 is 0 Å². The van der Waals surface area contributed by atoms with E-state index in [-0.39, 0.29) is 6.29 Å². The summed E-state index contributed by atoms with van der Waals surface area (Å²) in [4.78, 5) is 0. The smallest absolute Gasteiger partial charge is 0.157 e. The van der Waals surface area contributed by atoms with Gasteiger partial charge in [-0.3, -0.25) is 0 Å². The molecule has 1 aliphatic heterocycles. The molecule has 1 fully saturated rings. The van der Waals surface area contributed by atoms with E-state index in [1.807, 2.05) is 0 Å². The minimum Gasteiger partial charge on any atom is -0.353 e. The lowest BCUT2D eigenvalue weighted by atomic mass is 9.93. The van der Waals surface area contributed by atoms with Crippen LogP contribution < -0.4 is 0 Å². The number of unbranched alkanes of at least 4 members (excludes halogenated alkanes) is 3. The van der Waals surface area contributed by atoms with Gasteiger partial charge in [0.05, 0.1) is 0 Å². The van der Waals surface area contributed by atoms with Crippen LogP contribution in [0.3, 0.4) is 0 Å². The Labute approximate surface area is 101 Å². The van der Waals surface area contributed by atoms with Crippen LogP contribution in [0.2, 0.25) is 0 Å². The molecule has 2 unspecified atom stereocenters. The monoisotopic (exact) mass is 228 g/mol. The molecule has 1 rings (SSSR count). The third-order valence-corrected chi connectivity index (χ3v) is 3.37. The highest BCUT2D eigenvalue weighted by atomic mass is 16.7. The topological polar surface area (TPSA) is 18.5 Å². The first-order chi connectivity index (χ1) is 7.86. The van der Waals surface area contributed by atoms with Gasteiger partial charge in [0, 0.05) is 19.6 Å². The Morgan fingerprint density at radius 1 is 1.12 bits per heavy atom. The van der Waals surface area contributed by atoms with Gasteiger partial charge in [0.25, 0.3) is 0 Å². The molecule has 0 saturated carbocycles. The molecule has 0 aromatic rings. The molecule has 2 nitrogen and oxygen atoms in total. The summed E-state index contributed by atoms with van der Waals surface area (Å²) in [6.07, 6.45) is 10.2. The van der Waals surface area contributed by atoms with Crippen molar-refractivity contribution < 1.29 is 9.47 Å². The summed E-state index contributed by atoms with van der Waals surface area (Å²) in [5, 5.41) is 0. The van der Waals surface area contributed by atoms with E-state index in [0.717, 1.165) is 32.0 Å². The zero-order valence-corrected chi connectivity index (χ0v) is 11.0. The molecule has 96 valence electrons. The summed E-state index contributed by atoms with van der Waals surface area (Å²) >= 11 is 0. The fourth-order valence-electron chi connectivity index (χ4n) is 2.24. The van der Waals surface area contributed by atoms with Crippen LogP contribution in [0.1, 0.15) is 65.2 Å². The van der Waals surface area contributed by atoms with Gasteiger partial charge in [0.15, 0.2) is 6.29 Å². The Hall–Kier alpha value is -0.0800. The molecule has 0 amide bonds. The highest BCUT2D eigenvalue weighted by Gasteiger charge is 2.22. The molecule has 0 N–H and O–H groups in total. The van der Waals surface area contributed by atoms with E-state index >= 15 is 0 Å². The van der Waals surface area contributed by atoms with Crippen LogP contribution in [0, 0.1) is 5.92 Å². The molecule has 1 heterocycles. The molecule has 0 aromatic heterocycles. The Bertz CT molecular complexity index is 143. The Morgan fingerprint density at radius 3 is 2.69 bits per heavy atom. The maximum atomic E-state index is 5.74. The van der Waals surface area contributed by atoms with Crippen LogP contribution in [0.5, 0.6) is 0 Å². The number of hydrogen-bond acceptors (Lipinski definition) is 2. The second-order valence-electron chi connectivity index (χ2n) is 4.91.